The van der Waals surface area contributed by atoms with Crippen molar-refractivity contribution < 1.29 is 16.9 Å². The van der Waals surface area contributed by atoms with Crippen LogP contribution in [0.5, 0.6) is 0 Å². The lowest BCUT2D eigenvalue weighted by Gasteiger charge is -2.32. The third-order valence-corrected chi connectivity index (χ3v) is 4.05. The number of aromatic nitrogens is 2. The third-order valence-electron chi connectivity index (χ3n) is 4.05. The van der Waals surface area contributed by atoms with E-state index in [9.17, 15) is 0 Å². The number of anilines is 2. The van der Waals surface area contributed by atoms with Crippen LogP contribution in [0, 0.1) is 0 Å². The van der Waals surface area contributed by atoms with Gasteiger partial charge in [-0.05, 0) is 26.0 Å². The van der Waals surface area contributed by atoms with Crippen LogP contribution in [0.3, 0.4) is 0 Å². The van der Waals surface area contributed by atoms with Gasteiger partial charge in [0, 0.05) is 6.20 Å². The largest absolute Gasteiger partial charge is 1.00 e. The number of nitrogens with two attached hydrogens (primary N) is 1. The first-order chi connectivity index (χ1) is 9.09. The molecule has 0 saturated heterocycles. The average Bonchev–Trinajstić information content (AvgIpc) is 2.76. The number of pyridine rings is 1. The lowest BCUT2D eigenvalue weighted by molar-refractivity contribution is -0.904. The summed E-state index contributed by atoms with van der Waals surface area (Å²) in [4.78, 5) is 0. The second kappa shape index (κ2) is 6.81. The Labute approximate surface area is 126 Å². The zero-order chi connectivity index (χ0) is 13.9. The van der Waals surface area contributed by atoms with Crippen molar-refractivity contribution in [2.24, 2.45) is 0 Å². The summed E-state index contributed by atoms with van der Waals surface area (Å²) >= 11 is 0. The molecule has 3 N–H and O–H groups in total. The quantitative estimate of drug-likeness (QED) is 0.660. The van der Waals surface area contributed by atoms with E-state index in [-0.39, 0.29) is 12.4 Å². The maximum Gasteiger partial charge on any atom is 0.172 e. The van der Waals surface area contributed by atoms with Crippen LogP contribution in [0.1, 0.15) is 13.8 Å². The van der Waals surface area contributed by atoms with Crippen LogP contribution in [-0.2, 0) is 0 Å². The van der Waals surface area contributed by atoms with Gasteiger partial charge in [0.05, 0.1) is 38.7 Å². The van der Waals surface area contributed by atoms with Gasteiger partial charge in [0.25, 0.3) is 0 Å². The molecule has 0 unspecified atom stereocenters. The zero-order valence-corrected chi connectivity index (χ0v) is 13.2. The Balaban J connectivity index is 0.00000200. The van der Waals surface area contributed by atoms with E-state index in [1.54, 1.807) is 0 Å². The summed E-state index contributed by atoms with van der Waals surface area (Å²) in [5.74, 6) is 0.782. The minimum absolute atomic E-state index is 0. The lowest BCUT2D eigenvalue weighted by atomic mass is 10.3. The van der Waals surface area contributed by atoms with E-state index >= 15 is 0 Å². The van der Waals surface area contributed by atoms with Gasteiger partial charge in [-0.15, -0.1) is 5.10 Å². The van der Waals surface area contributed by atoms with Gasteiger partial charge in [-0.2, -0.15) is 0 Å². The first kappa shape index (κ1) is 16.6. The molecule has 0 aliphatic rings. The van der Waals surface area contributed by atoms with Crippen molar-refractivity contribution in [2.45, 2.75) is 13.8 Å². The maximum absolute atomic E-state index is 6.10. The Hall–Kier alpha value is -1.46. The molecule has 0 aliphatic carbocycles. The van der Waals surface area contributed by atoms with Crippen LogP contribution in [-0.4, -0.2) is 47.3 Å². The minimum atomic E-state index is 0. The number of quaternary nitrogens is 1. The van der Waals surface area contributed by atoms with Crippen LogP contribution in [0.15, 0.2) is 24.4 Å². The molecule has 2 aromatic heterocycles. The molecule has 6 heteroatoms. The summed E-state index contributed by atoms with van der Waals surface area (Å²) < 4.78 is 2.87. The molecule has 0 radical (unpaired) electrons. The summed E-state index contributed by atoms with van der Waals surface area (Å²) in [5.41, 5.74) is 7.78. The molecule has 5 nitrogen and oxygen atoms in total. The highest BCUT2D eigenvalue weighted by atomic mass is 35.5. The summed E-state index contributed by atoms with van der Waals surface area (Å²) in [7, 11) is 2.27. The van der Waals surface area contributed by atoms with Gasteiger partial charge in [0.15, 0.2) is 5.82 Å². The molecule has 0 fully saturated rings. The van der Waals surface area contributed by atoms with Crippen molar-refractivity contribution in [1.82, 2.24) is 9.61 Å². The van der Waals surface area contributed by atoms with Gasteiger partial charge in [0.1, 0.15) is 5.69 Å². The molecule has 0 atom stereocenters. The van der Waals surface area contributed by atoms with E-state index in [0.29, 0.717) is 0 Å². The number of nitrogens with one attached hydrogen (secondary N) is 1. The van der Waals surface area contributed by atoms with Crippen LogP contribution in [0.4, 0.5) is 11.5 Å². The highest BCUT2D eigenvalue weighted by Crippen LogP contribution is 2.22. The molecule has 2 rings (SSSR count). The predicted octanol–water partition coefficient (Wildman–Crippen LogP) is -1.18. The van der Waals surface area contributed by atoms with Crippen LogP contribution in [0.2, 0.25) is 0 Å². The molecule has 0 spiro atoms. The topological polar surface area (TPSA) is 55.4 Å². The number of halogens is 1. The zero-order valence-electron chi connectivity index (χ0n) is 12.4. The standard InChI is InChI=1S/C14H24N5.ClH/c1-4-19(3,5-2)11-9-16-14-13(15)12-8-6-7-10-18(12)17-14;/h6-8,10H,4-5,9,11,15H2,1-3H3,(H,16,17);1H/q+1;/p-1. The number of hydrogen-bond donors (Lipinski definition) is 2. The molecule has 0 amide bonds. The SMILES string of the molecule is CC[N+](C)(CC)CCNc1nn2ccccc2c1N.[Cl-]. The molecule has 2 heterocycles. The number of rotatable bonds is 6. The van der Waals surface area contributed by atoms with E-state index in [1.807, 2.05) is 28.9 Å². The molecule has 0 saturated carbocycles. The summed E-state index contributed by atoms with van der Waals surface area (Å²) in [6, 6.07) is 5.90. The monoisotopic (exact) mass is 297 g/mol. The highest BCUT2D eigenvalue weighted by molar-refractivity contribution is 5.80. The lowest BCUT2D eigenvalue weighted by Crippen LogP contribution is -3.00. The molecule has 0 bridgehead atoms. The van der Waals surface area contributed by atoms with Gasteiger partial charge in [-0.1, -0.05) is 6.07 Å². The van der Waals surface area contributed by atoms with Crippen molar-refractivity contribution in [3.63, 3.8) is 0 Å². The van der Waals surface area contributed by atoms with E-state index in [2.05, 4.69) is 31.3 Å². The minimum Gasteiger partial charge on any atom is -1.00 e. The second-order valence-electron chi connectivity index (χ2n) is 5.20. The van der Waals surface area contributed by atoms with Gasteiger partial charge in [-0.25, -0.2) is 4.52 Å². The molecular weight excluding hydrogens is 274 g/mol. The van der Waals surface area contributed by atoms with Gasteiger partial charge in [0.2, 0.25) is 0 Å². The Morgan fingerprint density at radius 1 is 1.30 bits per heavy atom. The number of likely N-dealkylation sites (N-methyl/N-ethyl adjacent to an activating group) is 1. The molecule has 112 valence electrons. The van der Waals surface area contributed by atoms with Gasteiger partial charge in [-0.3, -0.25) is 0 Å². The third kappa shape index (κ3) is 3.35. The first-order valence-electron chi connectivity index (χ1n) is 6.90. The first-order valence-corrected chi connectivity index (χ1v) is 6.90. The molecule has 0 aliphatic heterocycles. The highest BCUT2D eigenvalue weighted by Gasteiger charge is 2.16. The number of nitrogens with zero attached hydrogens (tertiary/aromatic N) is 3. The van der Waals surface area contributed by atoms with Crippen molar-refractivity contribution in [1.29, 1.82) is 0 Å². The van der Waals surface area contributed by atoms with Crippen LogP contribution < -0.4 is 23.5 Å². The fourth-order valence-corrected chi connectivity index (χ4v) is 2.13. The van der Waals surface area contributed by atoms with E-state index < -0.39 is 0 Å². The van der Waals surface area contributed by atoms with Gasteiger partial charge < -0.3 is 27.9 Å². The summed E-state index contributed by atoms with van der Waals surface area (Å²) in [6.45, 7) is 8.68. The van der Waals surface area contributed by atoms with Crippen molar-refractivity contribution in [3.8, 4) is 0 Å². The number of nitrogen functional groups attached to an aromatic ring is 1. The Kier molecular flexibility index (Phi) is 5.65. The Bertz CT molecular complexity index is 547. The normalized spacial score (nSPS) is 11.3. The Morgan fingerprint density at radius 3 is 2.60 bits per heavy atom. The van der Waals surface area contributed by atoms with E-state index in [0.717, 1.165) is 47.7 Å². The van der Waals surface area contributed by atoms with Crippen LogP contribution >= 0.6 is 0 Å². The molecule has 0 aromatic carbocycles. The maximum atomic E-state index is 6.10. The van der Waals surface area contributed by atoms with E-state index in [1.165, 1.54) is 0 Å². The smallest absolute Gasteiger partial charge is 0.172 e. The number of hydrogen-bond acceptors (Lipinski definition) is 3. The summed E-state index contributed by atoms with van der Waals surface area (Å²) in [6.07, 6.45) is 1.91. The van der Waals surface area contributed by atoms with Crippen LogP contribution in [0.25, 0.3) is 5.52 Å². The van der Waals surface area contributed by atoms with E-state index in [4.69, 9.17) is 5.73 Å². The predicted molar refractivity (Wildman–Crippen MR) is 80.2 cm³/mol. The summed E-state index contributed by atoms with van der Waals surface area (Å²) in [5, 5.41) is 7.81. The molecule has 20 heavy (non-hydrogen) atoms. The van der Waals surface area contributed by atoms with Crippen molar-refractivity contribution in [2.75, 3.05) is 44.3 Å². The van der Waals surface area contributed by atoms with Crippen molar-refractivity contribution in [3.05, 3.63) is 24.4 Å². The molecular formula is C14H24ClN5. The number of fused-ring (bicyclic) bond motifs is 1. The molecule has 2 aromatic rings. The Morgan fingerprint density at radius 2 is 2.00 bits per heavy atom. The average molecular weight is 298 g/mol. The van der Waals surface area contributed by atoms with Gasteiger partial charge >= 0.3 is 0 Å². The second-order valence-corrected chi connectivity index (χ2v) is 5.20. The fraction of sp³-hybridized carbons (Fsp3) is 0.500. The fourth-order valence-electron chi connectivity index (χ4n) is 2.13. The van der Waals surface area contributed by atoms with Crippen molar-refractivity contribution >= 4 is 17.0 Å².